The highest BCUT2D eigenvalue weighted by Crippen LogP contribution is 2.51. The SMILES string of the molecule is CO[C@H]1/C=C\C[C@H](C)CS(=O)(NC(=O)C2CC3(CCOC3)C2)=NC(=O)c2ccc3c(c2)N(C[C@@H]2CC[C@H]21)C[C@@]1(CCCc2cc(Cl)ccc21)CO3. The summed E-state index contributed by atoms with van der Waals surface area (Å²) in [5.41, 5.74) is 3.55. The fraction of sp³-hybridized carbons (Fsp3) is 0.600. The summed E-state index contributed by atoms with van der Waals surface area (Å²) in [5, 5.41) is 0.749. The largest absolute Gasteiger partial charge is 0.490 e. The molecular weight excluding hydrogens is 686 g/mol. The molecule has 1 saturated heterocycles. The normalized spacial score (nSPS) is 36.8. The molecular formula is C40H50ClN3O6S. The van der Waals surface area contributed by atoms with Crippen molar-refractivity contribution in [2.24, 2.45) is 33.4 Å². The quantitative estimate of drug-likeness (QED) is 0.342. The maximum absolute atomic E-state index is 14.6. The third-order valence-electron chi connectivity index (χ3n) is 12.7. The second-order valence-electron chi connectivity index (χ2n) is 16.3. The Morgan fingerprint density at radius 1 is 1.14 bits per heavy atom. The van der Waals surface area contributed by atoms with Crippen LogP contribution in [-0.2, 0) is 36.0 Å². The molecule has 51 heavy (non-hydrogen) atoms. The molecule has 3 aliphatic heterocycles. The number of fused-ring (bicyclic) bond motifs is 4. The lowest BCUT2D eigenvalue weighted by Gasteiger charge is -2.46. The highest BCUT2D eigenvalue weighted by atomic mass is 35.5. The van der Waals surface area contributed by atoms with Gasteiger partial charge < -0.3 is 19.1 Å². The van der Waals surface area contributed by atoms with E-state index in [0.29, 0.717) is 49.9 Å². The number of benzene rings is 2. The Hall–Kier alpha value is -2.92. The molecule has 6 atom stereocenters. The molecule has 2 spiro atoms. The van der Waals surface area contributed by atoms with E-state index in [2.05, 4.69) is 38.3 Å². The van der Waals surface area contributed by atoms with Crippen LogP contribution in [-0.4, -0.2) is 67.9 Å². The van der Waals surface area contributed by atoms with Crippen molar-refractivity contribution in [1.82, 2.24) is 4.72 Å². The molecule has 6 aliphatic rings. The van der Waals surface area contributed by atoms with Crippen molar-refractivity contribution >= 4 is 39.0 Å². The van der Waals surface area contributed by atoms with E-state index in [0.717, 1.165) is 74.7 Å². The summed E-state index contributed by atoms with van der Waals surface area (Å²) >= 11 is 6.46. The summed E-state index contributed by atoms with van der Waals surface area (Å²) in [7, 11) is -1.65. The smallest absolute Gasteiger partial charge is 0.286 e. The molecule has 2 bridgehead atoms. The van der Waals surface area contributed by atoms with Crippen molar-refractivity contribution in [2.75, 3.05) is 50.7 Å². The molecule has 1 unspecified atom stereocenters. The third-order valence-corrected chi connectivity index (χ3v) is 14.9. The lowest BCUT2D eigenvalue weighted by atomic mass is 9.61. The number of carbonyl (C=O) groups excluding carboxylic acids is 2. The van der Waals surface area contributed by atoms with Gasteiger partial charge in [0.05, 0.1) is 30.8 Å². The molecule has 8 rings (SSSR count). The summed E-state index contributed by atoms with van der Waals surface area (Å²) < 4.78 is 40.1. The topological polar surface area (TPSA) is 107 Å². The Morgan fingerprint density at radius 3 is 2.76 bits per heavy atom. The van der Waals surface area contributed by atoms with Gasteiger partial charge in [-0.1, -0.05) is 36.7 Å². The minimum Gasteiger partial charge on any atom is -0.490 e. The number of methoxy groups -OCH3 is 1. The zero-order chi connectivity index (χ0) is 35.4. The van der Waals surface area contributed by atoms with Crippen LogP contribution >= 0.6 is 11.6 Å². The Labute approximate surface area is 307 Å². The number of hydrogen-bond donors (Lipinski definition) is 1. The molecule has 0 aromatic heterocycles. The number of allylic oxidation sites excluding steroid dienone is 1. The number of hydrogen-bond acceptors (Lipinski definition) is 7. The van der Waals surface area contributed by atoms with Crippen molar-refractivity contribution < 1.29 is 28.0 Å². The van der Waals surface area contributed by atoms with Crippen LogP contribution in [0.2, 0.25) is 5.02 Å². The van der Waals surface area contributed by atoms with Gasteiger partial charge in [-0.15, -0.1) is 4.36 Å². The second kappa shape index (κ2) is 13.8. The van der Waals surface area contributed by atoms with Crippen molar-refractivity contribution in [1.29, 1.82) is 0 Å². The van der Waals surface area contributed by atoms with Crippen LogP contribution in [0.15, 0.2) is 52.9 Å². The Kier molecular flexibility index (Phi) is 9.51. The van der Waals surface area contributed by atoms with Crippen LogP contribution in [0.3, 0.4) is 0 Å². The minimum atomic E-state index is -3.42. The van der Waals surface area contributed by atoms with Gasteiger partial charge in [0.25, 0.3) is 5.91 Å². The average Bonchev–Trinajstić information content (AvgIpc) is 3.52. The predicted molar refractivity (Wildman–Crippen MR) is 199 cm³/mol. The fourth-order valence-electron chi connectivity index (χ4n) is 9.75. The minimum absolute atomic E-state index is 0.0368. The highest BCUT2D eigenvalue weighted by molar-refractivity contribution is 7.92. The van der Waals surface area contributed by atoms with Crippen LogP contribution in [0.1, 0.15) is 79.8 Å². The molecule has 9 nitrogen and oxygen atoms in total. The van der Waals surface area contributed by atoms with E-state index in [1.165, 1.54) is 11.1 Å². The molecule has 3 heterocycles. The number of amides is 2. The maximum atomic E-state index is 14.6. The molecule has 11 heteroatoms. The number of nitrogens with zero attached hydrogens (tertiary/aromatic N) is 2. The van der Waals surface area contributed by atoms with Gasteiger partial charge >= 0.3 is 0 Å². The average molecular weight is 736 g/mol. The highest BCUT2D eigenvalue weighted by Gasteiger charge is 2.50. The van der Waals surface area contributed by atoms with Crippen LogP contribution in [0.4, 0.5) is 5.69 Å². The van der Waals surface area contributed by atoms with Gasteiger partial charge in [-0.2, -0.15) is 0 Å². The van der Waals surface area contributed by atoms with E-state index in [4.69, 9.17) is 25.8 Å². The first-order valence-corrected chi connectivity index (χ1v) is 20.8. The molecule has 274 valence electrons. The predicted octanol–water partition coefficient (Wildman–Crippen LogP) is 6.91. The van der Waals surface area contributed by atoms with Crippen molar-refractivity contribution in [3.63, 3.8) is 0 Å². The van der Waals surface area contributed by atoms with Gasteiger partial charge in [0.1, 0.15) is 15.7 Å². The fourth-order valence-corrected chi connectivity index (χ4v) is 11.9. The standard InChI is InChI=1S/C40H50ClN3O6S/c1-26-5-3-7-35(48-2)32-11-8-29(32)21-44-23-40(14-4-6-27-17-31(41)10-12-33(27)40)25-50-36-13-9-28(18-34(36)44)37(45)42-51(47,22-26)43-38(46)30-19-39(20-30)15-16-49-24-39/h3,7,9-10,12-13,17-18,26,29-30,32,35H,4-6,8,11,14-16,19-25H2,1-2H3,(H,42,43,45,46,47)/b7-3-/t26-,29-,30?,32+,35-,39?,40-,51?/m0/s1. The Bertz CT molecular complexity index is 1840. The van der Waals surface area contributed by atoms with E-state index < -0.39 is 15.8 Å². The van der Waals surface area contributed by atoms with Crippen LogP contribution in [0.25, 0.3) is 0 Å². The van der Waals surface area contributed by atoms with Crippen molar-refractivity contribution in [3.05, 3.63) is 70.3 Å². The summed E-state index contributed by atoms with van der Waals surface area (Å²) in [6.07, 6.45) is 12.4. The second-order valence-corrected chi connectivity index (χ2v) is 18.8. The Morgan fingerprint density at radius 2 is 2.00 bits per heavy atom. The zero-order valence-electron chi connectivity index (χ0n) is 29.7. The van der Waals surface area contributed by atoms with E-state index in [9.17, 15) is 13.8 Å². The molecule has 2 aromatic rings. The number of nitrogens with one attached hydrogen (secondary N) is 1. The van der Waals surface area contributed by atoms with Crippen LogP contribution < -0.4 is 14.4 Å². The molecule has 3 fully saturated rings. The number of ether oxygens (including phenoxy) is 3. The van der Waals surface area contributed by atoms with Gasteiger partial charge in [0.15, 0.2) is 0 Å². The van der Waals surface area contributed by atoms with Gasteiger partial charge in [-0.25, -0.2) is 4.21 Å². The molecule has 3 aliphatic carbocycles. The number of anilines is 1. The summed E-state index contributed by atoms with van der Waals surface area (Å²) in [6.45, 7) is 5.43. The van der Waals surface area contributed by atoms with Gasteiger partial charge in [-0.3, -0.25) is 14.3 Å². The Balaban J connectivity index is 1.16. The van der Waals surface area contributed by atoms with Crippen LogP contribution in [0, 0.1) is 29.1 Å². The van der Waals surface area contributed by atoms with E-state index in [1.807, 2.05) is 25.1 Å². The number of aryl methyl sites for hydroxylation is 1. The molecule has 0 radical (unpaired) electrons. The third kappa shape index (κ3) is 6.86. The monoisotopic (exact) mass is 735 g/mol. The van der Waals surface area contributed by atoms with E-state index in [-0.39, 0.29) is 40.4 Å². The number of halogens is 1. The van der Waals surface area contributed by atoms with Crippen LogP contribution in [0.5, 0.6) is 5.75 Å². The molecule has 1 N–H and O–H groups in total. The summed E-state index contributed by atoms with van der Waals surface area (Å²) in [5.74, 6) is 0.329. The molecule has 2 aromatic carbocycles. The van der Waals surface area contributed by atoms with Gasteiger partial charge in [0.2, 0.25) is 5.91 Å². The summed E-state index contributed by atoms with van der Waals surface area (Å²) in [6, 6.07) is 11.7. The number of rotatable bonds is 3. The first-order valence-electron chi connectivity index (χ1n) is 18.8. The van der Waals surface area contributed by atoms with Gasteiger partial charge in [0, 0.05) is 48.7 Å². The lowest BCUT2D eigenvalue weighted by molar-refractivity contribution is -0.130. The van der Waals surface area contributed by atoms with Gasteiger partial charge in [-0.05, 0) is 122 Å². The van der Waals surface area contributed by atoms with E-state index >= 15 is 0 Å². The van der Waals surface area contributed by atoms with Crippen molar-refractivity contribution in [3.8, 4) is 5.75 Å². The first kappa shape index (κ1) is 35.1. The number of carbonyl (C=O) groups is 2. The maximum Gasteiger partial charge on any atom is 0.286 e. The summed E-state index contributed by atoms with van der Waals surface area (Å²) in [4.78, 5) is 30.0. The van der Waals surface area contributed by atoms with E-state index in [1.54, 1.807) is 13.2 Å². The molecule has 2 amide bonds. The molecule has 2 saturated carbocycles. The van der Waals surface area contributed by atoms with Crippen molar-refractivity contribution in [2.45, 2.75) is 76.2 Å². The first-order chi connectivity index (χ1) is 24.6. The lowest BCUT2D eigenvalue weighted by Crippen LogP contribution is -2.49. The zero-order valence-corrected chi connectivity index (χ0v) is 31.3.